The first-order valence-corrected chi connectivity index (χ1v) is 6.09. The summed E-state index contributed by atoms with van der Waals surface area (Å²) in [7, 11) is 1.68. The van der Waals surface area contributed by atoms with Gasteiger partial charge in [-0.3, -0.25) is 4.79 Å². The summed E-state index contributed by atoms with van der Waals surface area (Å²) >= 11 is 0. The van der Waals surface area contributed by atoms with Gasteiger partial charge in [0.05, 0.1) is 5.39 Å². The third kappa shape index (κ3) is 2.07. The number of aromatic nitrogens is 3. The van der Waals surface area contributed by atoms with Gasteiger partial charge < -0.3 is 15.6 Å². The van der Waals surface area contributed by atoms with E-state index in [1.165, 1.54) is 4.57 Å². The minimum Gasteiger partial charge on any atom is -0.383 e. The highest BCUT2D eigenvalue weighted by Gasteiger charge is 2.08. The van der Waals surface area contributed by atoms with Gasteiger partial charge in [0.15, 0.2) is 0 Å². The first kappa shape index (κ1) is 12.2. The zero-order valence-electron chi connectivity index (χ0n) is 10.9. The highest BCUT2D eigenvalue weighted by molar-refractivity contribution is 5.92. The number of nitrogens with one attached hydrogen (secondary N) is 1. The van der Waals surface area contributed by atoms with Crippen LogP contribution in [0.25, 0.3) is 10.8 Å². The van der Waals surface area contributed by atoms with Gasteiger partial charge in [0.25, 0.3) is 5.56 Å². The van der Waals surface area contributed by atoms with Crippen LogP contribution in [0.5, 0.6) is 0 Å². The standard InChI is InChI=1S/C14H13N5O/c1-19-7-5-9-8-11(17-10-4-2-3-6-16-10)18-13(15)12(9)14(19)20/h2-8H,1H3,(H3,15,16,17,18). The van der Waals surface area contributed by atoms with Crippen LogP contribution in [-0.4, -0.2) is 14.5 Å². The van der Waals surface area contributed by atoms with Gasteiger partial charge in [-0.15, -0.1) is 0 Å². The van der Waals surface area contributed by atoms with E-state index < -0.39 is 0 Å². The molecule has 0 amide bonds. The maximum absolute atomic E-state index is 12.0. The van der Waals surface area contributed by atoms with Crippen molar-refractivity contribution in [2.75, 3.05) is 11.1 Å². The Balaban J connectivity index is 2.11. The van der Waals surface area contributed by atoms with Gasteiger partial charge in [-0.2, -0.15) is 0 Å². The van der Waals surface area contributed by atoms with Crippen LogP contribution in [0, 0.1) is 0 Å². The minimum absolute atomic E-state index is 0.156. The Labute approximate surface area is 114 Å². The predicted octanol–water partition coefficient (Wildman–Crippen LogP) is 1.65. The van der Waals surface area contributed by atoms with Crippen LogP contribution in [0.4, 0.5) is 17.5 Å². The summed E-state index contributed by atoms with van der Waals surface area (Å²) in [5.41, 5.74) is 5.74. The second-order valence-corrected chi connectivity index (χ2v) is 4.43. The van der Waals surface area contributed by atoms with Crippen LogP contribution in [0.15, 0.2) is 47.5 Å². The fraction of sp³-hybridized carbons (Fsp3) is 0.0714. The maximum atomic E-state index is 12.0. The SMILES string of the molecule is Cn1ccc2cc(Nc3ccccn3)nc(N)c2c1=O. The monoisotopic (exact) mass is 267 g/mol. The number of hydrogen-bond acceptors (Lipinski definition) is 5. The lowest BCUT2D eigenvalue weighted by atomic mass is 10.2. The fourth-order valence-electron chi connectivity index (χ4n) is 2.02. The smallest absolute Gasteiger partial charge is 0.261 e. The quantitative estimate of drug-likeness (QED) is 0.737. The largest absolute Gasteiger partial charge is 0.383 e. The Hall–Kier alpha value is -2.89. The Kier molecular flexibility index (Phi) is 2.83. The first-order valence-electron chi connectivity index (χ1n) is 6.09. The van der Waals surface area contributed by atoms with E-state index in [9.17, 15) is 4.79 Å². The molecule has 3 rings (SSSR count). The molecule has 0 saturated heterocycles. The van der Waals surface area contributed by atoms with Gasteiger partial charge in [-0.05, 0) is 29.7 Å². The summed E-state index contributed by atoms with van der Waals surface area (Å²) in [6.07, 6.45) is 3.39. The van der Waals surface area contributed by atoms with Crippen molar-refractivity contribution in [1.82, 2.24) is 14.5 Å². The van der Waals surface area contributed by atoms with Gasteiger partial charge in [0.1, 0.15) is 17.5 Å². The molecule has 0 aliphatic rings. The summed E-state index contributed by atoms with van der Waals surface area (Å²) in [6, 6.07) is 9.14. The Morgan fingerprint density at radius 1 is 1.25 bits per heavy atom. The van der Waals surface area contributed by atoms with E-state index >= 15 is 0 Å². The Morgan fingerprint density at radius 2 is 2.10 bits per heavy atom. The summed E-state index contributed by atoms with van der Waals surface area (Å²) in [5, 5.41) is 4.24. The van der Waals surface area contributed by atoms with Gasteiger partial charge in [-0.25, -0.2) is 9.97 Å². The molecule has 6 heteroatoms. The van der Waals surface area contributed by atoms with Gasteiger partial charge in [-0.1, -0.05) is 6.07 Å². The molecule has 3 aromatic heterocycles. The molecule has 20 heavy (non-hydrogen) atoms. The zero-order chi connectivity index (χ0) is 14.1. The number of aryl methyl sites for hydroxylation is 1. The lowest BCUT2D eigenvalue weighted by Crippen LogP contribution is -2.17. The molecule has 3 N–H and O–H groups in total. The number of hydrogen-bond donors (Lipinski definition) is 2. The zero-order valence-corrected chi connectivity index (χ0v) is 10.9. The van der Waals surface area contributed by atoms with E-state index in [1.54, 1.807) is 25.5 Å². The van der Waals surface area contributed by atoms with Crippen molar-refractivity contribution in [3.05, 3.63) is 53.1 Å². The van der Waals surface area contributed by atoms with E-state index in [-0.39, 0.29) is 11.4 Å². The summed E-state index contributed by atoms with van der Waals surface area (Å²) in [4.78, 5) is 20.4. The molecular formula is C14H13N5O. The molecule has 0 radical (unpaired) electrons. The lowest BCUT2D eigenvalue weighted by molar-refractivity contribution is 0.873. The van der Waals surface area contributed by atoms with Crippen LogP contribution in [0.1, 0.15) is 0 Å². The normalized spacial score (nSPS) is 10.7. The highest BCUT2D eigenvalue weighted by atomic mass is 16.1. The Morgan fingerprint density at radius 3 is 2.85 bits per heavy atom. The minimum atomic E-state index is -0.156. The highest BCUT2D eigenvalue weighted by Crippen LogP contribution is 2.21. The predicted molar refractivity (Wildman–Crippen MR) is 78.9 cm³/mol. The topological polar surface area (TPSA) is 85.8 Å². The van der Waals surface area contributed by atoms with Crippen LogP contribution in [0.2, 0.25) is 0 Å². The molecule has 0 aliphatic heterocycles. The second-order valence-electron chi connectivity index (χ2n) is 4.43. The Bertz CT molecular complexity index is 826. The first-order chi connectivity index (χ1) is 9.65. The molecule has 0 saturated carbocycles. The number of nitrogens with zero attached hydrogens (tertiary/aromatic N) is 3. The number of pyridine rings is 3. The van der Waals surface area contributed by atoms with Gasteiger partial charge in [0, 0.05) is 19.4 Å². The second kappa shape index (κ2) is 4.65. The molecule has 0 unspecified atom stereocenters. The van der Waals surface area contributed by atoms with Gasteiger partial charge in [0.2, 0.25) is 0 Å². The van der Waals surface area contributed by atoms with Crippen LogP contribution < -0.4 is 16.6 Å². The summed E-state index contributed by atoms with van der Waals surface area (Å²) in [6.45, 7) is 0. The van der Waals surface area contributed by atoms with E-state index in [0.29, 0.717) is 17.0 Å². The van der Waals surface area contributed by atoms with Crippen molar-refractivity contribution in [2.45, 2.75) is 0 Å². The molecule has 0 fully saturated rings. The van der Waals surface area contributed by atoms with Crippen LogP contribution in [-0.2, 0) is 7.05 Å². The molecular weight excluding hydrogens is 254 g/mol. The molecule has 0 bridgehead atoms. The van der Waals surface area contributed by atoms with Gasteiger partial charge >= 0.3 is 0 Å². The molecule has 3 heterocycles. The summed E-state index contributed by atoms with van der Waals surface area (Å²) < 4.78 is 1.48. The van der Waals surface area contributed by atoms with Crippen LogP contribution >= 0.6 is 0 Å². The van der Waals surface area contributed by atoms with Crippen LogP contribution in [0.3, 0.4) is 0 Å². The van der Waals surface area contributed by atoms with E-state index in [0.717, 1.165) is 5.39 Å². The molecule has 0 atom stereocenters. The average molecular weight is 267 g/mol. The van der Waals surface area contributed by atoms with E-state index in [2.05, 4.69) is 15.3 Å². The number of fused-ring (bicyclic) bond motifs is 1. The number of rotatable bonds is 2. The van der Waals surface area contributed by atoms with Crippen molar-refractivity contribution >= 4 is 28.2 Å². The number of nitrogen functional groups attached to an aromatic ring is 1. The van der Waals surface area contributed by atoms with Crippen molar-refractivity contribution in [2.24, 2.45) is 7.05 Å². The molecule has 6 nitrogen and oxygen atoms in total. The fourth-order valence-corrected chi connectivity index (χ4v) is 2.02. The van der Waals surface area contributed by atoms with Crippen molar-refractivity contribution < 1.29 is 0 Å². The third-order valence-electron chi connectivity index (χ3n) is 3.01. The third-order valence-corrected chi connectivity index (χ3v) is 3.01. The van der Waals surface area contributed by atoms with E-state index in [4.69, 9.17) is 5.73 Å². The van der Waals surface area contributed by atoms with Crippen molar-refractivity contribution in [3.63, 3.8) is 0 Å². The van der Waals surface area contributed by atoms with Crippen molar-refractivity contribution in [3.8, 4) is 0 Å². The summed E-state index contributed by atoms with van der Waals surface area (Å²) in [5.74, 6) is 1.44. The number of anilines is 3. The average Bonchev–Trinajstić information content (AvgIpc) is 2.44. The number of nitrogens with two attached hydrogens (primary N) is 1. The molecule has 0 spiro atoms. The lowest BCUT2D eigenvalue weighted by Gasteiger charge is -2.08. The molecule has 100 valence electrons. The molecule has 0 aliphatic carbocycles. The molecule has 0 aromatic carbocycles. The van der Waals surface area contributed by atoms with Crippen molar-refractivity contribution in [1.29, 1.82) is 0 Å². The molecule has 3 aromatic rings. The maximum Gasteiger partial charge on any atom is 0.261 e. The van der Waals surface area contributed by atoms with E-state index in [1.807, 2.05) is 24.3 Å².